The number of rotatable bonds is 5. The van der Waals surface area contributed by atoms with Crippen molar-refractivity contribution >= 4 is 18.4 Å². The second-order valence-electron chi connectivity index (χ2n) is 3.31. The Kier molecular flexibility index (Phi) is 4.02. The van der Waals surface area contributed by atoms with Crippen molar-refractivity contribution in [1.29, 1.82) is 0 Å². The number of pyridine rings is 1. The second kappa shape index (κ2) is 6.15. The maximum atomic E-state index is 10.0. The minimum absolute atomic E-state index is 0.538. The Bertz CT molecular complexity index is 524. The highest BCUT2D eigenvalue weighted by molar-refractivity contribution is 5.73. The summed E-state index contributed by atoms with van der Waals surface area (Å²) >= 11 is 0. The fraction of sp³-hybridized carbons (Fsp3) is 0. The molecule has 0 aliphatic rings. The van der Waals surface area contributed by atoms with Gasteiger partial charge in [-0.15, -0.1) is 0 Å². The highest BCUT2D eigenvalue weighted by Gasteiger charge is 1.97. The molecular weight excluding hydrogens is 230 g/mol. The lowest BCUT2D eigenvalue weighted by Crippen LogP contribution is -2.05. The first kappa shape index (κ1) is 11.8. The zero-order valence-corrected chi connectivity index (χ0v) is 9.48. The lowest BCUT2D eigenvalue weighted by Gasteiger charge is -2.03. The number of aromatic nitrogens is 1. The average Bonchev–Trinajstić information content (AvgIpc) is 2.42. The summed E-state index contributed by atoms with van der Waals surface area (Å²) in [6.07, 6.45) is 3.54. The van der Waals surface area contributed by atoms with Crippen molar-refractivity contribution in [3.63, 3.8) is 0 Å². The van der Waals surface area contributed by atoms with E-state index in [1.807, 2.05) is 12.1 Å². The molecule has 1 amide bonds. The monoisotopic (exact) mass is 241 g/mol. The number of hydrogen-bond donors (Lipinski definition) is 1. The van der Waals surface area contributed by atoms with E-state index < -0.39 is 0 Å². The number of hydrogen-bond acceptors (Lipinski definition) is 4. The molecule has 0 atom stereocenters. The van der Waals surface area contributed by atoms with E-state index in [0.29, 0.717) is 18.0 Å². The van der Waals surface area contributed by atoms with Crippen LogP contribution in [0.15, 0.2) is 53.7 Å². The van der Waals surface area contributed by atoms with Gasteiger partial charge in [0.2, 0.25) is 12.3 Å². The van der Waals surface area contributed by atoms with Crippen LogP contribution < -0.4 is 10.1 Å². The molecule has 0 aliphatic heterocycles. The van der Waals surface area contributed by atoms with Crippen molar-refractivity contribution in [3.8, 4) is 11.6 Å². The van der Waals surface area contributed by atoms with Crippen LogP contribution in [0.2, 0.25) is 0 Å². The molecule has 1 aromatic heterocycles. The summed E-state index contributed by atoms with van der Waals surface area (Å²) in [5.74, 6) is 1.22. The summed E-state index contributed by atoms with van der Waals surface area (Å²) in [6, 6.07) is 12.6. The molecule has 1 heterocycles. The number of nitrogens with one attached hydrogen (secondary N) is 1. The van der Waals surface area contributed by atoms with Gasteiger partial charge in [0, 0.05) is 12.3 Å². The summed E-state index contributed by atoms with van der Waals surface area (Å²) in [5.41, 5.74) is 0.720. The van der Waals surface area contributed by atoms with Gasteiger partial charge in [-0.05, 0) is 30.3 Å². The van der Waals surface area contributed by atoms with E-state index in [-0.39, 0.29) is 0 Å². The van der Waals surface area contributed by atoms with Gasteiger partial charge in [-0.25, -0.2) is 9.98 Å². The summed E-state index contributed by atoms with van der Waals surface area (Å²) in [6.45, 7) is 0. The van der Waals surface area contributed by atoms with Crippen molar-refractivity contribution in [1.82, 2.24) is 10.3 Å². The van der Waals surface area contributed by atoms with E-state index in [2.05, 4.69) is 15.3 Å². The fourth-order valence-electron chi connectivity index (χ4n) is 1.27. The predicted octanol–water partition coefficient (Wildman–Crippen LogP) is 2.28. The van der Waals surface area contributed by atoms with Crippen LogP contribution in [0.1, 0.15) is 0 Å². The highest BCUT2D eigenvalue weighted by atomic mass is 16.5. The zero-order valence-electron chi connectivity index (χ0n) is 9.48. The third-order valence-corrected chi connectivity index (χ3v) is 2.05. The molecule has 1 N–H and O–H groups in total. The molecule has 90 valence electrons. The van der Waals surface area contributed by atoms with Crippen molar-refractivity contribution in [3.05, 3.63) is 48.7 Å². The van der Waals surface area contributed by atoms with E-state index in [4.69, 9.17) is 4.74 Å². The van der Waals surface area contributed by atoms with E-state index in [0.717, 1.165) is 5.69 Å². The fourth-order valence-corrected chi connectivity index (χ4v) is 1.27. The van der Waals surface area contributed by atoms with E-state index in [1.165, 1.54) is 6.34 Å². The molecule has 0 aliphatic carbocycles. The summed E-state index contributed by atoms with van der Waals surface area (Å²) in [7, 11) is 0. The van der Waals surface area contributed by atoms with Crippen molar-refractivity contribution in [2.24, 2.45) is 4.99 Å². The first-order valence-electron chi connectivity index (χ1n) is 5.29. The zero-order chi connectivity index (χ0) is 12.6. The molecule has 0 bridgehead atoms. The van der Waals surface area contributed by atoms with Crippen molar-refractivity contribution < 1.29 is 9.53 Å². The lowest BCUT2D eigenvalue weighted by molar-refractivity contribution is -0.108. The first-order chi connectivity index (χ1) is 8.88. The first-order valence-corrected chi connectivity index (χ1v) is 5.29. The smallest absolute Gasteiger partial charge is 0.219 e. The van der Waals surface area contributed by atoms with Crippen molar-refractivity contribution in [2.45, 2.75) is 0 Å². The second-order valence-corrected chi connectivity index (χ2v) is 3.31. The Hall–Kier alpha value is -2.69. The molecule has 5 nitrogen and oxygen atoms in total. The van der Waals surface area contributed by atoms with Crippen LogP contribution in [-0.4, -0.2) is 17.7 Å². The predicted molar refractivity (Wildman–Crippen MR) is 68.1 cm³/mol. The van der Waals surface area contributed by atoms with Gasteiger partial charge in [0.1, 0.15) is 5.75 Å². The van der Waals surface area contributed by atoms with Crippen LogP contribution >= 0.6 is 0 Å². The molecule has 1 aromatic carbocycles. The van der Waals surface area contributed by atoms with Gasteiger partial charge in [-0.2, -0.15) is 0 Å². The Labute approximate surface area is 104 Å². The van der Waals surface area contributed by atoms with Crippen LogP contribution in [0.3, 0.4) is 0 Å². The lowest BCUT2D eigenvalue weighted by atomic mass is 10.3. The molecular formula is C13H11N3O2. The number of nitrogens with zero attached hydrogens (tertiary/aromatic N) is 2. The Balaban J connectivity index is 2.02. The summed E-state index contributed by atoms with van der Waals surface area (Å²) < 4.78 is 5.52. The van der Waals surface area contributed by atoms with E-state index in [9.17, 15) is 4.79 Å². The molecule has 2 rings (SSSR count). The van der Waals surface area contributed by atoms with Crippen LogP contribution in [-0.2, 0) is 4.79 Å². The largest absolute Gasteiger partial charge is 0.439 e. The summed E-state index contributed by atoms with van der Waals surface area (Å²) in [5, 5.41) is 2.34. The number of aliphatic imine (C=N–C) groups is 1. The normalized spacial score (nSPS) is 10.2. The summed E-state index contributed by atoms with van der Waals surface area (Å²) in [4.78, 5) is 18.1. The Morgan fingerprint density at radius 1 is 1.17 bits per heavy atom. The molecule has 0 saturated carbocycles. The van der Waals surface area contributed by atoms with Crippen molar-refractivity contribution in [2.75, 3.05) is 0 Å². The molecule has 0 fully saturated rings. The van der Waals surface area contributed by atoms with Gasteiger partial charge in [0.15, 0.2) is 0 Å². The van der Waals surface area contributed by atoms with Crippen LogP contribution in [0.4, 0.5) is 5.69 Å². The molecule has 0 saturated heterocycles. The van der Waals surface area contributed by atoms with Gasteiger partial charge in [0.25, 0.3) is 0 Å². The highest BCUT2D eigenvalue weighted by Crippen LogP contribution is 2.21. The number of amides is 1. The minimum atomic E-state index is 0.538. The molecule has 2 aromatic rings. The molecule has 0 spiro atoms. The SMILES string of the molecule is O=CNC=Nc1ccc(Oc2ccccn2)cc1. The third-order valence-electron chi connectivity index (χ3n) is 2.05. The maximum Gasteiger partial charge on any atom is 0.219 e. The van der Waals surface area contributed by atoms with Gasteiger partial charge < -0.3 is 10.1 Å². The number of carbonyl (C=O) groups excluding carboxylic acids is 1. The number of benzene rings is 1. The Morgan fingerprint density at radius 3 is 2.67 bits per heavy atom. The van der Waals surface area contributed by atoms with Gasteiger partial charge in [-0.3, -0.25) is 4.79 Å². The molecule has 0 radical (unpaired) electrons. The molecule has 0 unspecified atom stereocenters. The quantitative estimate of drug-likeness (QED) is 0.496. The number of ether oxygens (including phenoxy) is 1. The van der Waals surface area contributed by atoms with Crippen LogP contribution in [0, 0.1) is 0 Å². The third kappa shape index (κ3) is 3.41. The molecule has 5 heteroatoms. The minimum Gasteiger partial charge on any atom is -0.439 e. The topological polar surface area (TPSA) is 63.6 Å². The number of carbonyl (C=O) groups is 1. The maximum absolute atomic E-state index is 10.0. The average molecular weight is 241 g/mol. The Morgan fingerprint density at radius 2 is 2.00 bits per heavy atom. The van der Waals surface area contributed by atoms with E-state index in [1.54, 1.807) is 36.5 Å². The van der Waals surface area contributed by atoms with Gasteiger partial charge in [0.05, 0.1) is 12.0 Å². The standard InChI is InChI=1S/C13H11N3O2/c17-10-14-9-16-11-4-6-12(7-5-11)18-13-3-1-2-8-15-13/h1-10H,(H,14,16,17). The van der Waals surface area contributed by atoms with Crippen LogP contribution in [0.5, 0.6) is 11.6 Å². The van der Waals surface area contributed by atoms with Gasteiger partial charge in [-0.1, -0.05) is 6.07 Å². The van der Waals surface area contributed by atoms with E-state index >= 15 is 0 Å². The van der Waals surface area contributed by atoms with Crippen LogP contribution in [0.25, 0.3) is 0 Å². The van der Waals surface area contributed by atoms with Gasteiger partial charge >= 0.3 is 0 Å². The molecule has 18 heavy (non-hydrogen) atoms.